The Labute approximate surface area is 207 Å². The predicted molar refractivity (Wildman–Crippen MR) is 129 cm³/mol. The number of aliphatic hydroxyl groups is 4. The summed E-state index contributed by atoms with van der Waals surface area (Å²) in [5, 5.41) is 40.5. The number of benzene rings is 1. The van der Waals surface area contributed by atoms with Crippen LogP contribution >= 0.6 is 0 Å². The third kappa shape index (κ3) is 10.6. The number of nitrogens with zero attached hydrogens (tertiary/aromatic N) is 2. The Kier molecular flexibility index (Phi) is 14.6. The van der Waals surface area contributed by atoms with Gasteiger partial charge in [-0.2, -0.15) is 5.06 Å². The number of carbonyl (C=O) groups is 2. The van der Waals surface area contributed by atoms with Crippen LogP contribution in [0.4, 0.5) is 0 Å². The smallest absolute Gasteiger partial charge is 0.274 e. The van der Waals surface area contributed by atoms with Crippen LogP contribution in [0.25, 0.3) is 0 Å². The molecule has 0 aromatic heterocycles. The average Bonchev–Trinajstić information content (AvgIpc) is 2.84. The van der Waals surface area contributed by atoms with Gasteiger partial charge >= 0.3 is 0 Å². The molecular weight excluding hydrogens is 458 g/mol. The van der Waals surface area contributed by atoms with Gasteiger partial charge in [-0.25, -0.2) is 5.48 Å². The number of likely N-dealkylation sites (N-methyl/N-ethyl adjacent to an activating group) is 1. The zero-order valence-corrected chi connectivity index (χ0v) is 21.1. The van der Waals surface area contributed by atoms with Gasteiger partial charge in [-0.15, -0.1) is 0 Å². The summed E-state index contributed by atoms with van der Waals surface area (Å²) in [6, 6.07) is 4.82. The van der Waals surface area contributed by atoms with Crippen molar-refractivity contribution in [2.24, 2.45) is 0 Å². The molecule has 35 heavy (non-hydrogen) atoms. The lowest BCUT2D eigenvalue weighted by Crippen LogP contribution is -2.45. The largest absolute Gasteiger partial charge is 0.395 e. The van der Waals surface area contributed by atoms with Gasteiger partial charge in [0.15, 0.2) is 0 Å². The molecule has 0 heterocycles. The van der Waals surface area contributed by atoms with Crippen molar-refractivity contribution in [1.29, 1.82) is 0 Å². The molecule has 0 radical (unpaired) electrons. The minimum absolute atomic E-state index is 0.130. The number of hydrogen-bond donors (Lipinski definition) is 5. The van der Waals surface area contributed by atoms with Crippen LogP contribution in [0.15, 0.2) is 18.2 Å². The summed E-state index contributed by atoms with van der Waals surface area (Å²) in [5.41, 5.74) is 3.54. The van der Waals surface area contributed by atoms with E-state index in [1.807, 2.05) is 13.8 Å². The summed E-state index contributed by atoms with van der Waals surface area (Å²) >= 11 is 0. The van der Waals surface area contributed by atoms with E-state index in [9.17, 15) is 24.9 Å². The van der Waals surface area contributed by atoms with Crippen molar-refractivity contribution in [1.82, 2.24) is 15.4 Å². The number of rotatable bonds is 17. The summed E-state index contributed by atoms with van der Waals surface area (Å²) in [6.07, 6.45) is -2.86. The van der Waals surface area contributed by atoms with E-state index in [2.05, 4.69) is 5.48 Å². The monoisotopic (exact) mass is 499 g/mol. The van der Waals surface area contributed by atoms with E-state index in [0.717, 1.165) is 18.4 Å². The Morgan fingerprint density at radius 1 is 0.943 bits per heavy atom. The molecule has 11 nitrogen and oxygen atoms in total. The molecule has 1 aromatic carbocycles. The summed E-state index contributed by atoms with van der Waals surface area (Å²) < 4.78 is 0. The first-order valence-corrected chi connectivity index (χ1v) is 12.0. The van der Waals surface area contributed by atoms with Crippen molar-refractivity contribution in [2.75, 3.05) is 46.0 Å². The fraction of sp³-hybridized carbons (Fsp3) is 0.667. The molecule has 1 rings (SSSR count). The van der Waals surface area contributed by atoms with Crippen molar-refractivity contribution in [2.45, 2.75) is 58.8 Å². The van der Waals surface area contributed by atoms with Gasteiger partial charge in [0, 0.05) is 37.3 Å². The van der Waals surface area contributed by atoms with Crippen LogP contribution in [0, 0.1) is 6.92 Å². The normalized spacial score (nSPS) is 14.0. The molecule has 0 bridgehead atoms. The Hall–Kier alpha value is -2.12. The fourth-order valence-electron chi connectivity index (χ4n) is 3.39. The second kappa shape index (κ2) is 16.5. The van der Waals surface area contributed by atoms with Gasteiger partial charge in [0.2, 0.25) is 0 Å². The van der Waals surface area contributed by atoms with E-state index in [1.165, 1.54) is 11.1 Å². The van der Waals surface area contributed by atoms with Crippen LogP contribution < -0.4 is 5.48 Å². The lowest BCUT2D eigenvalue weighted by atomic mass is 10.0. The molecule has 0 saturated heterocycles. The maximum atomic E-state index is 12.9. The Bertz CT molecular complexity index is 773. The van der Waals surface area contributed by atoms with Crippen molar-refractivity contribution in [3.05, 3.63) is 34.9 Å². The van der Waals surface area contributed by atoms with Gasteiger partial charge in [0.25, 0.3) is 11.8 Å². The first-order valence-electron chi connectivity index (χ1n) is 12.0. The molecule has 0 aliphatic heterocycles. The maximum absolute atomic E-state index is 12.9. The van der Waals surface area contributed by atoms with E-state index in [4.69, 9.17) is 14.8 Å². The van der Waals surface area contributed by atoms with E-state index in [0.29, 0.717) is 25.2 Å². The quantitative estimate of drug-likeness (QED) is 0.190. The summed E-state index contributed by atoms with van der Waals surface area (Å²) in [4.78, 5) is 37.5. The third-order valence-electron chi connectivity index (χ3n) is 5.20. The minimum Gasteiger partial charge on any atom is -0.395 e. The van der Waals surface area contributed by atoms with Crippen LogP contribution in [-0.2, 0) is 9.68 Å². The van der Waals surface area contributed by atoms with Gasteiger partial charge in [-0.3, -0.25) is 19.3 Å². The number of carbonyl (C=O) groups excluding carboxylic acids is 2. The minimum atomic E-state index is -1.59. The molecular formula is C24H41N3O8. The van der Waals surface area contributed by atoms with Gasteiger partial charge in [-0.05, 0) is 43.5 Å². The highest BCUT2D eigenvalue weighted by Crippen LogP contribution is 2.14. The first-order chi connectivity index (χ1) is 16.7. The van der Waals surface area contributed by atoms with Crippen molar-refractivity contribution < 1.29 is 39.7 Å². The van der Waals surface area contributed by atoms with E-state index in [1.54, 1.807) is 30.9 Å². The van der Waals surface area contributed by atoms with E-state index < -0.39 is 30.8 Å². The molecule has 0 unspecified atom stereocenters. The first kappa shape index (κ1) is 30.9. The van der Waals surface area contributed by atoms with Crippen LogP contribution in [-0.4, -0.2) is 107 Å². The standard InChI is InChI=1S/C24H41N3O8/c1-5-8-26(9-6-2)24(33)19-13-17(4)12-18(14-19)23(32)25-34-15-20(29)22(31)21(30)16-35-27(7-3)10-11-28/h12-14,20-22,28-31H,5-11,15-16H2,1-4H3,(H,25,32)/t20-,21+,22-/m0/s1. The molecule has 0 aliphatic carbocycles. The number of amides is 2. The SMILES string of the molecule is CCCN(CCC)C(=O)c1cc(C)cc(C(=O)NOC[C@H](O)[C@H](O)[C@H](O)CON(CC)CCO)c1. The van der Waals surface area contributed by atoms with Crippen LogP contribution in [0.5, 0.6) is 0 Å². The molecule has 3 atom stereocenters. The summed E-state index contributed by atoms with van der Waals surface area (Å²) in [6.45, 7) is 8.60. The van der Waals surface area contributed by atoms with E-state index in [-0.39, 0.29) is 31.2 Å². The predicted octanol–water partition coefficient (Wildman–Crippen LogP) is 0.247. The lowest BCUT2D eigenvalue weighted by molar-refractivity contribution is -0.200. The van der Waals surface area contributed by atoms with Gasteiger partial charge < -0.3 is 25.3 Å². The van der Waals surface area contributed by atoms with Crippen molar-refractivity contribution in [3.63, 3.8) is 0 Å². The van der Waals surface area contributed by atoms with Gasteiger partial charge in [0.05, 0.1) is 13.2 Å². The number of nitrogens with one attached hydrogen (secondary N) is 1. The highest BCUT2D eigenvalue weighted by Gasteiger charge is 2.26. The number of aliphatic hydroxyl groups excluding tert-OH is 4. The van der Waals surface area contributed by atoms with Crippen molar-refractivity contribution in [3.8, 4) is 0 Å². The molecule has 2 amide bonds. The number of hydrogen-bond acceptors (Lipinski definition) is 9. The molecule has 11 heteroatoms. The highest BCUT2D eigenvalue weighted by atomic mass is 16.7. The third-order valence-corrected chi connectivity index (χ3v) is 5.20. The van der Waals surface area contributed by atoms with E-state index >= 15 is 0 Å². The Morgan fingerprint density at radius 3 is 2.11 bits per heavy atom. The molecule has 0 saturated carbocycles. The van der Waals surface area contributed by atoms with Crippen molar-refractivity contribution >= 4 is 11.8 Å². The second-order valence-corrected chi connectivity index (χ2v) is 8.29. The fourth-order valence-corrected chi connectivity index (χ4v) is 3.39. The molecule has 0 aliphatic rings. The Morgan fingerprint density at radius 2 is 1.54 bits per heavy atom. The number of hydroxylamine groups is 3. The Balaban J connectivity index is 2.65. The molecule has 1 aromatic rings. The average molecular weight is 500 g/mol. The molecule has 0 spiro atoms. The zero-order chi connectivity index (χ0) is 26.4. The van der Waals surface area contributed by atoms with Crippen LogP contribution in [0.3, 0.4) is 0 Å². The lowest BCUT2D eigenvalue weighted by Gasteiger charge is -2.25. The highest BCUT2D eigenvalue weighted by molar-refractivity contribution is 5.99. The summed E-state index contributed by atoms with van der Waals surface area (Å²) in [7, 11) is 0. The van der Waals surface area contributed by atoms with Crippen LogP contribution in [0.2, 0.25) is 0 Å². The topological polar surface area (TPSA) is 152 Å². The maximum Gasteiger partial charge on any atom is 0.274 e. The van der Waals surface area contributed by atoms with Gasteiger partial charge in [0.1, 0.15) is 24.9 Å². The van der Waals surface area contributed by atoms with Gasteiger partial charge in [-0.1, -0.05) is 20.8 Å². The summed E-state index contributed by atoms with van der Waals surface area (Å²) in [5.74, 6) is -0.767. The second-order valence-electron chi connectivity index (χ2n) is 8.29. The molecule has 0 fully saturated rings. The molecule has 200 valence electrons. The molecule has 5 N–H and O–H groups in total. The van der Waals surface area contributed by atoms with Crippen LogP contribution in [0.1, 0.15) is 59.9 Å². The number of aryl methyl sites for hydroxylation is 1. The zero-order valence-electron chi connectivity index (χ0n) is 21.1.